The van der Waals surface area contributed by atoms with Crippen molar-refractivity contribution in [1.82, 2.24) is 5.32 Å². The van der Waals surface area contributed by atoms with Crippen LogP contribution in [0.1, 0.15) is 18.9 Å². The number of hydrogen-bond acceptors (Lipinski definition) is 2. The van der Waals surface area contributed by atoms with Crippen LogP contribution < -0.4 is 5.32 Å². The standard InChI is InChI=1S/C13H18ClNS/c1-10(6-7-14)15-9-12-8-11-4-2-3-5-13(11)16-12/h2-5,10,12,15H,6-9H2,1H3. The van der Waals surface area contributed by atoms with E-state index in [0.29, 0.717) is 11.3 Å². The molecule has 0 bridgehead atoms. The molecule has 0 amide bonds. The largest absolute Gasteiger partial charge is 0.313 e. The monoisotopic (exact) mass is 255 g/mol. The molecule has 1 heterocycles. The van der Waals surface area contributed by atoms with E-state index in [4.69, 9.17) is 11.6 Å². The summed E-state index contributed by atoms with van der Waals surface area (Å²) in [4.78, 5) is 1.46. The second kappa shape index (κ2) is 5.95. The summed E-state index contributed by atoms with van der Waals surface area (Å²) in [7, 11) is 0. The maximum absolute atomic E-state index is 5.72. The van der Waals surface area contributed by atoms with E-state index in [1.54, 1.807) is 0 Å². The first-order chi connectivity index (χ1) is 7.79. The Morgan fingerprint density at radius 1 is 1.50 bits per heavy atom. The van der Waals surface area contributed by atoms with Gasteiger partial charge in [0.25, 0.3) is 0 Å². The van der Waals surface area contributed by atoms with Gasteiger partial charge in [0.1, 0.15) is 0 Å². The molecule has 88 valence electrons. The van der Waals surface area contributed by atoms with Crippen molar-refractivity contribution >= 4 is 23.4 Å². The molecule has 2 rings (SSSR count). The summed E-state index contributed by atoms with van der Waals surface area (Å²) in [6, 6.07) is 9.25. The minimum atomic E-state index is 0.529. The Labute approximate surface area is 107 Å². The van der Waals surface area contributed by atoms with Crippen LogP contribution in [0.25, 0.3) is 0 Å². The van der Waals surface area contributed by atoms with Crippen LogP contribution in [0.3, 0.4) is 0 Å². The van der Waals surface area contributed by atoms with Gasteiger partial charge in [-0.1, -0.05) is 18.2 Å². The number of thioether (sulfide) groups is 1. The first-order valence-corrected chi connectivity index (χ1v) is 7.25. The van der Waals surface area contributed by atoms with E-state index >= 15 is 0 Å². The molecule has 1 nitrogen and oxygen atoms in total. The molecule has 0 spiro atoms. The molecule has 1 aliphatic heterocycles. The number of rotatable bonds is 5. The minimum absolute atomic E-state index is 0.529. The average molecular weight is 256 g/mol. The van der Waals surface area contributed by atoms with Crippen LogP contribution in [-0.2, 0) is 6.42 Å². The van der Waals surface area contributed by atoms with Gasteiger partial charge in [-0.3, -0.25) is 0 Å². The van der Waals surface area contributed by atoms with Crippen LogP contribution in [0.5, 0.6) is 0 Å². The molecule has 1 aromatic rings. The van der Waals surface area contributed by atoms with E-state index in [9.17, 15) is 0 Å². The Morgan fingerprint density at radius 3 is 3.06 bits per heavy atom. The van der Waals surface area contributed by atoms with Crippen LogP contribution >= 0.6 is 23.4 Å². The zero-order valence-electron chi connectivity index (χ0n) is 9.58. The van der Waals surface area contributed by atoms with Gasteiger partial charge in [-0.05, 0) is 31.4 Å². The molecule has 0 radical (unpaired) electrons. The van der Waals surface area contributed by atoms with Crippen LogP contribution in [0.4, 0.5) is 0 Å². The lowest BCUT2D eigenvalue weighted by molar-refractivity contribution is 0.533. The molecule has 2 unspecified atom stereocenters. The third-order valence-electron chi connectivity index (χ3n) is 2.95. The molecule has 1 aliphatic rings. The number of benzene rings is 1. The van der Waals surface area contributed by atoms with Crippen molar-refractivity contribution in [2.45, 2.75) is 36.0 Å². The van der Waals surface area contributed by atoms with Crippen LogP contribution in [0.15, 0.2) is 29.2 Å². The van der Waals surface area contributed by atoms with Gasteiger partial charge in [0.2, 0.25) is 0 Å². The van der Waals surface area contributed by atoms with E-state index in [1.807, 2.05) is 11.8 Å². The highest BCUT2D eigenvalue weighted by atomic mass is 35.5. The molecule has 0 fully saturated rings. The fourth-order valence-electron chi connectivity index (χ4n) is 1.97. The summed E-state index contributed by atoms with van der Waals surface area (Å²) in [5.41, 5.74) is 1.50. The molecule has 1 N–H and O–H groups in total. The van der Waals surface area contributed by atoms with Crippen molar-refractivity contribution < 1.29 is 0 Å². The highest BCUT2D eigenvalue weighted by molar-refractivity contribution is 8.00. The van der Waals surface area contributed by atoms with Gasteiger partial charge in [0.15, 0.2) is 0 Å². The van der Waals surface area contributed by atoms with E-state index in [1.165, 1.54) is 16.9 Å². The van der Waals surface area contributed by atoms with Gasteiger partial charge >= 0.3 is 0 Å². The topological polar surface area (TPSA) is 12.0 Å². The number of halogens is 1. The zero-order chi connectivity index (χ0) is 11.4. The quantitative estimate of drug-likeness (QED) is 0.811. The Bertz CT molecular complexity index is 317. The van der Waals surface area contributed by atoms with Crippen molar-refractivity contribution in [2.24, 2.45) is 0 Å². The molecule has 0 saturated carbocycles. The SMILES string of the molecule is CC(CCCl)NCC1Cc2ccccc2S1. The highest BCUT2D eigenvalue weighted by Gasteiger charge is 2.21. The predicted molar refractivity (Wildman–Crippen MR) is 72.6 cm³/mol. The molecule has 3 heteroatoms. The second-order valence-corrected chi connectivity index (χ2v) is 6.06. The summed E-state index contributed by atoms with van der Waals surface area (Å²) in [5, 5.41) is 4.25. The van der Waals surface area contributed by atoms with Gasteiger partial charge < -0.3 is 5.32 Å². The van der Waals surface area contributed by atoms with E-state index in [2.05, 4.69) is 36.5 Å². The Kier molecular flexibility index (Phi) is 4.56. The first-order valence-electron chi connectivity index (χ1n) is 5.83. The van der Waals surface area contributed by atoms with Crippen LogP contribution in [0.2, 0.25) is 0 Å². The molecular weight excluding hydrogens is 238 g/mol. The van der Waals surface area contributed by atoms with Crippen LogP contribution in [0, 0.1) is 0 Å². The normalized spacial score (nSPS) is 20.8. The van der Waals surface area contributed by atoms with Crippen molar-refractivity contribution in [2.75, 3.05) is 12.4 Å². The Hall–Kier alpha value is -0.180. The van der Waals surface area contributed by atoms with Crippen molar-refractivity contribution in [1.29, 1.82) is 0 Å². The van der Waals surface area contributed by atoms with Gasteiger partial charge in [-0.2, -0.15) is 0 Å². The van der Waals surface area contributed by atoms with Gasteiger partial charge in [0, 0.05) is 28.6 Å². The van der Waals surface area contributed by atoms with Crippen molar-refractivity contribution in [3.05, 3.63) is 29.8 Å². The molecule has 0 saturated heterocycles. The molecule has 1 aromatic carbocycles. The van der Waals surface area contributed by atoms with Crippen molar-refractivity contribution in [3.63, 3.8) is 0 Å². The number of hydrogen-bond donors (Lipinski definition) is 1. The summed E-state index contributed by atoms with van der Waals surface area (Å²) in [5.74, 6) is 0.742. The van der Waals surface area contributed by atoms with Gasteiger partial charge in [-0.15, -0.1) is 23.4 Å². The average Bonchev–Trinajstić information content (AvgIpc) is 2.69. The van der Waals surface area contributed by atoms with E-state index in [-0.39, 0.29) is 0 Å². The fraction of sp³-hybridized carbons (Fsp3) is 0.538. The maximum atomic E-state index is 5.72. The molecule has 0 aliphatic carbocycles. The summed E-state index contributed by atoms with van der Waals surface area (Å²) in [6.07, 6.45) is 2.24. The second-order valence-electron chi connectivity index (χ2n) is 4.34. The lowest BCUT2D eigenvalue weighted by Gasteiger charge is -2.15. The minimum Gasteiger partial charge on any atom is -0.313 e. The van der Waals surface area contributed by atoms with Crippen molar-refractivity contribution in [3.8, 4) is 0 Å². The zero-order valence-corrected chi connectivity index (χ0v) is 11.2. The Balaban J connectivity index is 1.79. The smallest absolute Gasteiger partial charge is 0.0260 e. The lowest BCUT2D eigenvalue weighted by atomic mass is 10.1. The molecule has 0 aromatic heterocycles. The predicted octanol–water partition coefficient (Wildman–Crippen LogP) is 3.31. The van der Waals surface area contributed by atoms with E-state index < -0.39 is 0 Å². The Morgan fingerprint density at radius 2 is 2.31 bits per heavy atom. The summed E-state index contributed by atoms with van der Waals surface area (Å²) < 4.78 is 0. The number of nitrogens with one attached hydrogen (secondary N) is 1. The fourth-order valence-corrected chi connectivity index (χ4v) is 3.55. The van der Waals surface area contributed by atoms with E-state index in [0.717, 1.165) is 18.8 Å². The van der Waals surface area contributed by atoms with Gasteiger partial charge in [-0.25, -0.2) is 0 Å². The maximum Gasteiger partial charge on any atom is 0.0260 e. The molecule has 2 atom stereocenters. The molecule has 16 heavy (non-hydrogen) atoms. The first kappa shape index (κ1) is 12.3. The third-order valence-corrected chi connectivity index (χ3v) is 4.49. The number of alkyl halides is 1. The summed E-state index contributed by atoms with van der Waals surface area (Å²) >= 11 is 7.72. The third kappa shape index (κ3) is 3.16. The lowest BCUT2D eigenvalue weighted by Crippen LogP contribution is -2.32. The molecular formula is C13H18ClNS. The van der Waals surface area contributed by atoms with Crippen LogP contribution in [-0.4, -0.2) is 23.7 Å². The highest BCUT2D eigenvalue weighted by Crippen LogP contribution is 2.36. The summed E-state index contributed by atoms with van der Waals surface area (Å²) in [6.45, 7) is 3.28. The van der Waals surface area contributed by atoms with Gasteiger partial charge in [0.05, 0.1) is 0 Å². The number of fused-ring (bicyclic) bond motifs is 1.